The molecule has 0 spiro atoms. The fraction of sp³-hybridized carbons (Fsp3) is 0.375. The second-order valence-electron chi connectivity index (χ2n) is 10.1. The summed E-state index contributed by atoms with van der Waals surface area (Å²) in [5.41, 5.74) is -0.0336. The van der Waals surface area contributed by atoms with Gasteiger partial charge in [0.15, 0.2) is 0 Å². The Morgan fingerprint density at radius 2 is 1.03 bits per heavy atom. The molecule has 0 unspecified atom stereocenters. The molecule has 2 nitrogen and oxygen atoms in total. The van der Waals surface area contributed by atoms with E-state index in [4.69, 9.17) is 0 Å². The largest absolute Gasteiger partial charge is 2.00 e. The molecule has 3 atom stereocenters. The molecule has 5 rings (SSSR count). The first-order valence-corrected chi connectivity index (χ1v) is 12.6. The van der Waals surface area contributed by atoms with E-state index >= 15 is 0 Å². The number of aliphatic hydroxyl groups is 1. The summed E-state index contributed by atoms with van der Waals surface area (Å²) in [5, 5.41) is 10.7. The van der Waals surface area contributed by atoms with E-state index in [1.165, 1.54) is 18.3 Å². The summed E-state index contributed by atoms with van der Waals surface area (Å²) in [6.45, 7) is 8.78. The minimum Gasteiger partial charge on any atom is -0.393 e. The molecule has 0 saturated heterocycles. The van der Waals surface area contributed by atoms with E-state index in [1.807, 2.05) is 64.2 Å². The van der Waals surface area contributed by atoms with Gasteiger partial charge in [0.1, 0.15) is 0 Å². The molecule has 20 radical (unpaired) electrons. The molecule has 5 fully saturated rings. The van der Waals surface area contributed by atoms with Crippen molar-refractivity contribution in [3.05, 3.63) is 127 Å². The van der Waals surface area contributed by atoms with Gasteiger partial charge in [0.2, 0.25) is 0 Å². The van der Waals surface area contributed by atoms with E-state index in [9.17, 15) is 5.11 Å². The van der Waals surface area contributed by atoms with E-state index in [1.54, 1.807) is 0 Å². The van der Waals surface area contributed by atoms with Crippen LogP contribution in [0.3, 0.4) is 0 Å². The van der Waals surface area contributed by atoms with Crippen LogP contribution in [0.15, 0.2) is 0 Å². The third kappa shape index (κ3) is 12.0. The molecule has 192 valence electrons. The Balaban J connectivity index is 0.000000448. The smallest absolute Gasteiger partial charge is 0.393 e. The normalized spacial score (nSPS) is 29.1. The first-order valence-electron chi connectivity index (χ1n) is 12.6. The van der Waals surface area contributed by atoms with E-state index in [-0.39, 0.29) is 45.8 Å². The SMILES string of the molecule is C[C@@H]1CC[C@@H](C(C)(C)N(C[C]2[CH][CH][CH][CH]2)C[C]2[CH][CH][CH][CH]2)[C@H](O)C1.[CH]1[CH][CH][CH][CH]1.[CH]1[CH][CH][CH][CH]1.[Fe+2].[Fe+2]. The molecule has 5 aliphatic carbocycles. The molecule has 1 N–H and O–H groups in total. The van der Waals surface area contributed by atoms with E-state index in [2.05, 4.69) is 77.0 Å². The van der Waals surface area contributed by atoms with Gasteiger partial charge < -0.3 is 5.11 Å². The van der Waals surface area contributed by atoms with Gasteiger partial charge in [-0.3, -0.25) is 4.90 Å². The predicted molar refractivity (Wildman–Crippen MR) is 142 cm³/mol. The Bertz CT molecular complexity index is 479. The molecule has 0 aliphatic heterocycles. The van der Waals surface area contributed by atoms with Crippen LogP contribution < -0.4 is 0 Å². The minimum atomic E-state index is -0.189. The van der Waals surface area contributed by atoms with Crippen molar-refractivity contribution in [1.82, 2.24) is 4.90 Å². The number of aliphatic hydroxyl groups excluding tert-OH is 1. The fourth-order valence-corrected chi connectivity index (χ4v) is 4.99. The summed E-state index contributed by atoms with van der Waals surface area (Å²) in [7, 11) is 0. The third-order valence-electron chi connectivity index (χ3n) is 7.12. The van der Waals surface area contributed by atoms with E-state index < -0.39 is 0 Å². The van der Waals surface area contributed by atoms with Crippen LogP contribution in [0, 0.1) is 139 Å². The van der Waals surface area contributed by atoms with Gasteiger partial charge in [-0.25, -0.2) is 0 Å². The summed E-state index contributed by atoms with van der Waals surface area (Å²) in [6, 6.07) is 0. The fourth-order valence-electron chi connectivity index (χ4n) is 4.99. The molecule has 0 amide bonds. The van der Waals surface area contributed by atoms with Gasteiger partial charge in [0.25, 0.3) is 0 Å². The zero-order valence-electron chi connectivity index (χ0n) is 21.8. The molecule has 0 aromatic carbocycles. The number of rotatable bonds is 6. The standard InChI is InChI=1S/C22H31NO.2C5H5.2Fe/c1-17-12-13-20(21(24)14-17)22(2,3)23(15-18-8-4-5-9-18)16-19-10-6-7-11-19;2*1-2-4-5-3-1;;/h4-11,17,20-21,24H,12-16H2,1-3H3;2*1-5H;;/q;;;2*+2/t17-,20-,21-;;;;/m1..../s1. The van der Waals surface area contributed by atoms with Gasteiger partial charge >= 0.3 is 34.1 Å². The average Bonchev–Trinajstić information content (AvgIpc) is 3.64. The van der Waals surface area contributed by atoms with Crippen molar-refractivity contribution < 1.29 is 39.2 Å². The van der Waals surface area contributed by atoms with E-state index in [0.717, 1.165) is 25.9 Å². The van der Waals surface area contributed by atoms with Crippen molar-refractivity contribution in [2.75, 3.05) is 13.1 Å². The van der Waals surface area contributed by atoms with Crippen LogP contribution in [0.4, 0.5) is 0 Å². The topological polar surface area (TPSA) is 23.5 Å². The quantitative estimate of drug-likeness (QED) is 0.416. The van der Waals surface area contributed by atoms with Gasteiger partial charge in [0, 0.05) is 24.5 Å². The Labute approximate surface area is 247 Å². The molecule has 0 aromatic rings. The van der Waals surface area contributed by atoms with Gasteiger partial charge in [-0.1, -0.05) is 13.3 Å². The summed E-state index contributed by atoms with van der Waals surface area (Å²) < 4.78 is 0. The van der Waals surface area contributed by atoms with Crippen LogP contribution >= 0.6 is 0 Å². The maximum atomic E-state index is 10.7. The van der Waals surface area contributed by atoms with Crippen LogP contribution in [0.2, 0.25) is 0 Å². The molecule has 36 heavy (non-hydrogen) atoms. The Morgan fingerprint density at radius 3 is 1.36 bits per heavy atom. The van der Waals surface area contributed by atoms with Crippen LogP contribution in [-0.4, -0.2) is 34.7 Å². The zero-order chi connectivity index (χ0) is 24.2. The van der Waals surface area contributed by atoms with Crippen molar-refractivity contribution in [3.63, 3.8) is 0 Å². The second-order valence-corrected chi connectivity index (χ2v) is 10.1. The first kappa shape index (κ1) is 35.0. The van der Waals surface area contributed by atoms with Crippen molar-refractivity contribution in [3.8, 4) is 0 Å². The Morgan fingerprint density at radius 1 is 0.667 bits per heavy atom. The monoisotopic (exact) mass is 567 g/mol. The maximum Gasteiger partial charge on any atom is 2.00 e. The molecule has 5 aliphatic rings. The molecule has 0 heterocycles. The van der Waals surface area contributed by atoms with Crippen molar-refractivity contribution in [2.45, 2.75) is 51.7 Å². The molecule has 5 saturated carbocycles. The number of hydrogen-bond donors (Lipinski definition) is 1. The summed E-state index contributed by atoms with van der Waals surface area (Å²) in [4.78, 5) is 2.56. The summed E-state index contributed by atoms with van der Waals surface area (Å²) in [6.07, 6.45) is 40.3. The number of hydrogen-bond acceptors (Lipinski definition) is 2. The second kappa shape index (κ2) is 19.1. The molecule has 0 aromatic heterocycles. The minimum absolute atomic E-state index is 0. The van der Waals surface area contributed by atoms with Crippen LogP contribution in [-0.2, 0) is 34.1 Å². The van der Waals surface area contributed by atoms with Crippen molar-refractivity contribution >= 4 is 0 Å². The van der Waals surface area contributed by atoms with Crippen LogP contribution in [0.1, 0.15) is 40.0 Å². The number of nitrogens with zero attached hydrogens (tertiary/aromatic N) is 1. The van der Waals surface area contributed by atoms with E-state index in [0.29, 0.717) is 11.8 Å². The van der Waals surface area contributed by atoms with Crippen LogP contribution in [0.5, 0.6) is 0 Å². The Hall–Kier alpha value is 0.959. The molecule has 4 heteroatoms. The van der Waals surface area contributed by atoms with Gasteiger partial charge in [-0.05, 0) is 160 Å². The third-order valence-corrected chi connectivity index (χ3v) is 7.12. The van der Waals surface area contributed by atoms with Gasteiger partial charge in [-0.2, -0.15) is 0 Å². The van der Waals surface area contributed by atoms with Crippen molar-refractivity contribution in [1.29, 1.82) is 0 Å². The van der Waals surface area contributed by atoms with Crippen LogP contribution in [0.25, 0.3) is 0 Å². The van der Waals surface area contributed by atoms with Gasteiger partial charge in [-0.15, -0.1) is 0 Å². The molecular formula is C32H41Fe2NO+4. The predicted octanol–water partition coefficient (Wildman–Crippen LogP) is 5.71. The summed E-state index contributed by atoms with van der Waals surface area (Å²) >= 11 is 0. The molecular weight excluding hydrogens is 526 g/mol. The van der Waals surface area contributed by atoms with Crippen molar-refractivity contribution in [2.24, 2.45) is 11.8 Å². The summed E-state index contributed by atoms with van der Waals surface area (Å²) in [5.74, 6) is 3.69. The molecule has 0 bridgehead atoms. The van der Waals surface area contributed by atoms with Gasteiger partial charge in [0.05, 0.1) is 6.10 Å². The first-order chi connectivity index (χ1) is 16.5. The Kier molecular flexibility index (Phi) is 18.6. The maximum absolute atomic E-state index is 10.7. The zero-order valence-corrected chi connectivity index (χ0v) is 24.0. The average molecular weight is 567 g/mol.